The highest BCUT2D eigenvalue weighted by Crippen LogP contribution is 2.20. The monoisotopic (exact) mass is 156 g/mol. The molecular weight excluding hydrogens is 136 g/mol. The largest absolute Gasteiger partial charge is 0.327 e. The van der Waals surface area contributed by atoms with Crippen LogP contribution in [0.1, 0.15) is 26.7 Å². The molecule has 11 heavy (non-hydrogen) atoms. The summed E-state index contributed by atoms with van der Waals surface area (Å²) < 4.78 is 0. The maximum atomic E-state index is 6.10. The lowest BCUT2D eigenvalue weighted by atomic mass is 9.82. The second kappa shape index (κ2) is 4.07. The van der Waals surface area contributed by atoms with Crippen molar-refractivity contribution in [2.24, 2.45) is 17.6 Å². The zero-order valence-electron chi connectivity index (χ0n) is 7.64. The summed E-state index contributed by atoms with van der Waals surface area (Å²) in [7, 11) is 0. The Hall–Kier alpha value is -0.0800. The van der Waals surface area contributed by atoms with Crippen molar-refractivity contribution in [2.75, 3.05) is 13.1 Å². The summed E-state index contributed by atoms with van der Waals surface area (Å²) in [5, 5.41) is 3.44. The molecular formula is C9H20N2. The first kappa shape index (κ1) is 9.01. The average Bonchev–Trinajstić information content (AvgIpc) is 2.05. The second-order valence-corrected chi connectivity index (χ2v) is 3.57. The topological polar surface area (TPSA) is 38.0 Å². The molecule has 1 aliphatic heterocycles. The number of piperidine rings is 1. The normalized spacial score (nSPS) is 39.0. The third-order valence-corrected chi connectivity index (χ3v) is 2.95. The van der Waals surface area contributed by atoms with Crippen LogP contribution in [0, 0.1) is 11.8 Å². The number of nitrogens with one attached hydrogen (secondary N) is 1. The number of rotatable bonds is 2. The second-order valence-electron chi connectivity index (χ2n) is 3.57. The first-order valence-electron chi connectivity index (χ1n) is 4.75. The van der Waals surface area contributed by atoms with Crippen LogP contribution in [0.15, 0.2) is 0 Å². The summed E-state index contributed by atoms with van der Waals surface area (Å²) in [6.07, 6.45) is 2.43. The van der Waals surface area contributed by atoms with Crippen molar-refractivity contribution in [1.82, 2.24) is 5.32 Å². The van der Waals surface area contributed by atoms with E-state index in [1.54, 1.807) is 0 Å². The predicted octanol–water partition coefficient (Wildman–Crippen LogP) is 0.969. The Kier molecular flexibility index (Phi) is 3.34. The molecule has 0 aliphatic carbocycles. The van der Waals surface area contributed by atoms with Crippen LogP contribution in [0.3, 0.4) is 0 Å². The molecule has 0 aromatic heterocycles. The summed E-state index contributed by atoms with van der Waals surface area (Å²) in [6.45, 7) is 6.69. The van der Waals surface area contributed by atoms with Gasteiger partial charge in [0.2, 0.25) is 0 Å². The van der Waals surface area contributed by atoms with Crippen LogP contribution >= 0.6 is 0 Å². The molecule has 0 bridgehead atoms. The molecule has 1 heterocycles. The number of hydrogen-bond acceptors (Lipinski definition) is 2. The fourth-order valence-corrected chi connectivity index (χ4v) is 1.94. The Morgan fingerprint density at radius 1 is 1.18 bits per heavy atom. The summed E-state index contributed by atoms with van der Waals surface area (Å²) in [5.74, 6) is 1.40. The molecule has 0 radical (unpaired) electrons. The molecule has 0 saturated carbocycles. The predicted molar refractivity (Wildman–Crippen MR) is 48.4 cm³/mol. The highest BCUT2D eigenvalue weighted by molar-refractivity contribution is 4.86. The third-order valence-electron chi connectivity index (χ3n) is 2.95. The van der Waals surface area contributed by atoms with E-state index in [9.17, 15) is 0 Å². The highest BCUT2D eigenvalue weighted by atomic mass is 14.9. The first-order valence-corrected chi connectivity index (χ1v) is 4.75. The lowest BCUT2D eigenvalue weighted by molar-refractivity contribution is 0.228. The van der Waals surface area contributed by atoms with Crippen LogP contribution in [-0.4, -0.2) is 19.1 Å². The van der Waals surface area contributed by atoms with E-state index in [4.69, 9.17) is 5.73 Å². The van der Waals surface area contributed by atoms with Gasteiger partial charge in [-0.25, -0.2) is 0 Å². The molecule has 3 N–H and O–H groups in total. The van der Waals surface area contributed by atoms with Crippen molar-refractivity contribution in [2.45, 2.75) is 32.7 Å². The Morgan fingerprint density at radius 2 is 1.64 bits per heavy atom. The minimum Gasteiger partial charge on any atom is -0.327 e. The van der Waals surface area contributed by atoms with E-state index in [2.05, 4.69) is 19.2 Å². The lowest BCUT2D eigenvalue weighted by Crippen LogP contribution is -2.51. The van der Waals surface area contributed by atoms with E-state index in [0.717, 1.165) is 13.1 Å². The molecule has 0 spiro atoms. The summed E-state index contributed by atoms with van der Waals surface area (Å²) in [4.78, 5) is 0. The highest BCUT2D eigenvalue weighted by Gasteiger charge is 2.27. The molecule has 0 aromatic rings. The van der Waals surface area contributed by atoms with Gasteiger partial charge >= 0.3 is 0 Å². The molecule has 2 heteroatoms. The van der Waals surface area contributed by atoms with Crippen molar-refractivity contribution in [3.8, 4) is 0 Å². The molecule has 0 amide bonds. The van der Waals surface area contributed by atoms with Gasteiger partial charge in [0.1, 0.15) is 0 Å². The van der Waals surface area contributed by atoms with Gasteiger partial charge in [0.05, 0.1) is 0 Å². The van der Waals surface area contributed by atoms with E-state index < -0.39 is 0 Å². The average molecular weight is 156 g/mol. The van der Waals surface area contributed by atoms with Crippen molar-refractivity contribution in [3.05, 3.63) is 0 Å². The van der Waals surface area contributed by atoms with E-state index in [0.29, 0.717) is 17.9 Å². The van der Waals surface area contributed by atoms with Gasteiger partial charge in [0.15, 0.2) is 0 Å². The lowest BCUT2D eigenvalue weighted by Gasteiger charge is -2.35. The van der Waals surface area contributed by atoms with Gasteiger partial charge in [-0.05, 0) is 24.9 Å². The summed E-state index contributed by atoms with van der Waals surface area (Å²) in [5.41, 5.74) is 6.10. The van der Waals surface area contributed by atoms with Crippen LogP contribution < -0.4 is 11.1 Å². The molecule has 1 saturated heterocycles. The van der Waals surface area contributed by atoms with Crippen molar-refractivity contribution in [1.29, 1.82) is 0 Å². The van der Waals surface area contributed by atoms with Crippen LogP contribution in [0.5, 0.6) is 0 Å². The van der Waals surface area contributed by atoms with E-state index in [-0.39, 0.29) is 0 Å². The minimum absolute atomic E-state index is 0.436. The van der Waals surface area contributed by atoms with E-state index in [1.165, 1.54) is 12.8 Å². The quantitative estimate of drug-likeness (QED) is 0.625. The van der Waals surface area contributed by atoms with Crippen molar-refractivity contribution < 1.29 is 0 Å². The Bertz CT molecular complexity index is 102. The zero-order valence-corrected chi connectivity index (χ0v) is 7.64. The fraction of sp³-hybridized carbons (Fsp3) is 1.00. The SMILES string of the molecule is CCC1CNCC(CC)C1N. The summed E-state index contributed by atoms with van der Waals surface area (Å²) >= 11 is 0. The Balaban J connectivity index is 2.45. The van der Waals surface area contributed by atoms with Crippen LogP contribution in [0.2, 0.25) is 0 Å². The number of hydrogen-bond donors (Lipinski definition) is 2. The van der Waals surface area contributed by atoms with Gasteiger partial charge < -0.3 is 11.1 Å². The molecule has 1 fully saturated rings. The maximum Gasteiger partial charge on any atom is 0.0120 e. The van der Waals surface area contributed by atoms with Crippen LogP contribution in [0.4, 0.5) is 0 Å². The van der Waals surface area contributed by atoms with Crippen molar-refractivity contribution in [3.63, 3.8) is 0 Å². The van der Waals surface area contributed by atoms with Gasteiger partial charge in [-0.3, -0.25) is 0 Å². The zero-order chi connectivity index (χ0) is 8.27. The minimum atomic E-state index is 0.436. The third kappa shape index (κ3) is 1.94. The van der Waals surface area contributed by atoms with Gasteiger partial charge in [0, 0.05) is 6.04 Å². The van der Waals surface area contributed by atoms with Crippen molar-refractivity contribution >= 4 is 0 Å². The molecule has 2 atom stereocenters. The molecule has 1 aliphatic rings. The van der Waals surface area contributed by atoms with Crippen LogP contribution in [-0.2, 0) is 0 Å². The fourth-order valence-electron chi connectivity index (χ4n) is 1.94. The van der Waals surface area contributed by atoms with Gasteiger partial charge in [-0.1, -0.05) is 26.7 Å². The molecule has 0 aromatic carbocycles. The smallest absolute Gasteiger partial charge is 0.0120 e. The Morgan fingerprint density at radius 3 is 2.00 bits per heavy atom. The molecule has 2 nitrogen and oxygen atoms in total. The number of nitrogens with two attached hydrogens (primary N) is 1. The maximum absolute atomic E-state index is 6.10. The standard InChI is InChI=1S/C9H20N2/c1-3-7-5-11-6-8(4-2)9(7)10/h7-9,11H,3-6,10H2,1-2H3. The Labute approximate surface area is 69.5 Å². The summed E-state index contributed by atoms with van der Waals surface area (Å²) in [6, 6.07) is 0.436. The molecule has 2 unspecified atom stereocenters. The first-order chi connectivity index (χ1) is 5.29. The van der Waals surface area contributed by atoms with Gasteiger partial charge in [-0.15, -0.1) is 0 Å². The molecule has 1 rings (SSSR count). The van der Waals surface area contributed by atoms with E-state index >= 15 is 0 Å². The molecule has 66 valence electrons. The van der Waals surface area contributed by atoms with Gasteiger partial charge in [0.25, 0.3) is 0 Å². The van der Waals surface area contributed by atoms with Crippen LogP contribution in [0.25, 0.3) is 0 Å². The van der Waals surface area contributed by atoms with Gasteiger partial charge in [-0.2, -0.15) is 0 Å². The van der Waals surface area contributed by atoms with E-state index in [1.807, 2.05) is 0 Å².